The van der Waals surface area contributed by atoms with Gasteiger partial charge in [0.05, 0.1) is 16.6 Å². The van der Waals surface area contributed by atoms with Crippen molar-refractivity contribution in [1.82, 2.24) is 14.9 Å². The van der Waals surface area contributed by atoms with E-state index in [0.29, 0.717) is 22.4 Å². The van der Waals surface area contributed by atoms with Gasteiger partial charge in [-0.05, 0) is 36.8 Å². The number of hydrogen-bond acceptors (Lipinski definition) is 4. The number of rotatable bonds is 7. The van der Waals surface area contributed by atoms with Crippen molar-refractivity contribution in [1.29, 1.82) is 0 Å². The summed E-state index contributed by atoms with van der Waals surface area (Å²) in [6, 6.07) is 2.46. The summed E-state index contributed by atoms with van der Waals surface area (Å²) in [5, 5.41) is 9.57. The molecule has 0 radical (unpaired) electrons. The van der Waals surface area contributed by atoms with Crippen LogP contribution in [0.25, 0.3) is 11.0 Å². The number of amides is 2. The lowest BCUT2D eigenvalue weighted by Crippen LogP contribution is -2.46. The molecule has 0 fully saturated rings. The zero-order valence-corrected chi connectivity index (χ0v) is 14.7. The number of aromatic nitrogens is 2. The summed E-state index contributed by atoms with van der Waals surface area (Å²) in [5.74, 6) is -3.04. The minimum absolute atomic E-state index is 0.0447. The number of halogens is 1. The summed E-state index contributed by atoms with van der Waals surface area (Å²) >= 11 is 0. The monoisotopic (exact) mass is 381 g/mol. The van der Waals surface area contributed by atoms with E-state index < -0.39 is 29.6 Å². The van der Waals surface area contributed by atoms with Crippen LogP contribution in [-0.4, -0.2) is 43.8 Å². The first kappa shape index (κ1) is 19.0. The quantitative estimate of drug-likeness (QED) is 0.435. The normalized spacial score (nSPS) is 14.6. The maximum Gasteiger partial charge on any atom is 0.327 e. The zero-order valence-electron chi connectivity index (χ0n) is 14.7. The topological polar surface area (TPSA) is 103 Å². The first-order valence-electron chi connectivity index (χ1n) is 8.38. The fourth-order valence-corrected chi connectivity index (χ4v) is 2.81. The molecule has 0 bridgehead atoms. The van der Waals surface area contributed by atoms with Crippen LogP contribution in [-0.2, 0) is 20.8 Å². The first-order chi connectivity index (χ1) is 13.4. The smallest absolute Gasteiger partial charge is 0.327 e. The molecule has 2 heterocycles. The van der Waals surface area contributed by atoms with Gasteiger partial charge in [0.1, 0.15) is 17.7 Å². The molecule has 1 aliphatic heterocycles. The van der Waals surface area contributed by atoms with Crippen molar-refractivity contribution >= 4 is 28.8 Å². The Kier molecular flexibility index (Phi) is 5.33. The van der Waals surface area contributed by atoms with Crippen molar-refractivity contribution in [3.8, 4) is 0 Å². The van der Waals surface area contributed by atoms with Crippen molar-refractivity contribution in [2.75, 3.05) is 0 Å². The molecule has 28 heavy (non-hydrogen) atoms. The van der Waals surface area contributed by atoms with E-state index in [-0.39, 0.29) is 17.8 Å². The second kappa shape index (κ2) is 7.85. The molecule has 2 aromatic rings. The molecular formula is C20H16FN3O4. The summed E-state index contributed by atoms with van der Waals surface area (Å²) < 4.78 is 13.3. The number of aromatic amines is 1. The summed E-state index contributed by atoms with van der Waals surface area (Å²) in [5.41, 5.74) is 3.64. The third-order valence-electron chi connectivity index (χ3n) is 4.10. The predicted octanol–water partition coefficient (Wildman–Crippen LogP) is 2.28. The number of carbonyl (C=O) groups excluding carboxylic acids is 2. The van der Waals surface area contributed by atoms with E-state index in [0.717, 1.165) is 6.08 Å². The molecule has 0 saturated heterocycles. The molecule has 1 atom stereocenters. The molecule has 8 heteroatoms. The Morgan fingerprint density at radius 3 is 2.93 bits per heavy atom. The molecule has 1 aliphatic rings. The number of H-pyrrole nitrogens is 1. The highest BCUT2D eigenvalue weighted by Crippen LogP contribution is 2.21. The minimum atomic E-state index is -1.45. The number of nitrogens with one attached hydrogen (secondary N) is 1. The summed E-state index contributed by atoms with van der Waals surface area (Å²) in [6.45, 7) is 3.55. The number of imidazole rings is 1. The van der Waals surface area contributed by atoms with Gasteiger partial charge in [-0.1, -0.05) is 6.08 Å². The van der Waals surface area contributed by atoms with Gasteiger partial charge in [0, 0.05) is 12.5 Å². The Labute approximate surface area is 159 Å². The van der Waals surface area contributed by atoms with Gasteiger partial charge >= 0.3 is 5.97 Å². The van der Waals surface area contributed by atoms with Crippen molar-refractivity contribution in [3.05, 3.63) is 72.0 Å². The second-order valence-electron chi connectivity index (χ2n) is 6.06. The van der Waals surface area contributed by atoms with E-state index in [4.69, 9.17) is 0 Å². The van der Waals surface area contributed by atoms with E-state index in [1.807, 2.05) is 0 Å². The number of fused-ring (bicyclic) bond motifs is 1. The molecule has 0 aliphatic carbocycles. The SMILES string of the molecule is C=CCC=C=CC1=CC(=O)N(C(Cc2nc3ccc(F)cc3[nH]2)C(=O)O)C1=O. The third kappa shape index (κ3) is 3.82. The maximum absolute atomic E-state index is 13.3. The van der Waals surface area contributed by atoms with Gasteiger partial charge in [-0.25, -0.2) is 14.2 Å². The molecule has 142 valence electrons. The van der Waals surface area contributed by atoms with Crippen LogP contribution in [0.5, 0.6) is 0 Å². The number of carboxylic acids is 1. The number of carboxylic acid groups (broad SMARTS) is 1. The molecule has 0 spiro atoms. The van der Waals surface area contributed by atoms with Crippen LogP contribution in [0.4, 0.5) is 4.39 Å². The van der Waals surface area contributed by atoms with Crippen molar-refractivity contribution < 1.29 is 23.9 Å². The van der Waals surface area contributed by atoms with E-state index in [1.165, 1.54) is 24.3 Å². The summed E-state index contributed by atoms with van der Waals surface area (Å²) in [4.78, 5) is 44.2. The molecule has 2 N–H and O–H groups in total. The molecule has 1 aromatic carbocycles. The molecule has 0 saturated carbocycles. The van der Waals surface area contributed by atoms with Crippen LogP contribution >= 0.6 is 0 Å². The fourth-order valence-electron chi connectivity index (χ4n) is 2.81. The molecule has 1 aromatic heterocycles. The van der Waals surface area contributed by atoms with E-state index in [2.05, 4.69) is 22.3 Å². The van der Waals surface area contributed by atoms with Crippen molar-refractivity contribution in [2.24, 2.45) is 0 Å². The van der Waals surface area contributed by atoms with Crippen LogP contribution in [0.15, 0.2) is 60.4 Å². The van der Waals surface area contributed by atoms with Gasteiger partial charge in [0.25, 0.3) is 11.8 Å². The number of hydrogen-bond donors (Lipinski definition) is 2. The Hall–Kier alpha value is -3.77. The van der Waals surface area contributed by atoms with Crippen LogP contribution in [0.2, 0.25) is 0 Å². The van der Waals surface area contributed by atoms with Gasteiger partial charge in [-0.2, -0.15) is 0 Å². The largest absolute Gasteiger partial charge is 0.480 e. The minimum Gasteiger partial charge on any atom is -0.480 e. The number of allylic oxidation sites excluding steroid dienone is 1. The average Bonchev–Trinajstić information content (AvgIpc) is 3.16. The first-order valence-corrected chi connectivity index (χ1v) is 8.38. The Balaban J connectivity index is 1.85. The lowest BCUT2D eigenvalue weighted by atomic mass is 10.1. The number of benzene rings is 1. The van der Waals surface area contributed by atoms with Crippen molar-refractivity contribution in [2.45, 2.75) is 18.9 Å². The number of carbonyl (C=O) groups is 3. The van der Waals surface area contributed by atoms with Crippen LogP contribution in [0.1, 0.15) is 12.2 Å². The van der Waals surface area contributed by atoms with E-state index in [9.17, 15) is 23.9 Å². The van der Waals surface area contributed by atoms with E-state index in [1.54, 1.807) is 12.2 Å². The number of imide groups is 1. The van der Waals surface area contributed by atoms with Gasteiger partial charge in [0.2, 0.25) is 0 Å². The molecule has 3 rings (SSSR count). The third-order valence-corrected chi connectivity index (χ3v) is 4.10. The fraction of sp³-hybridized carbons (Fsp3) is 0.150. The second-order valence-corrected chi connectivity index (χ2v) is 6.06. The number of nitrogens with zero attached hydrogens (tertiary/aromatic N) is 2. The summed E-state index contributed by atoms with van der Waals surface area (Å²) in [6.07, 6.45) is 5.97. The highest BCUT2D eigenvalue weighted by atomic mass is 19.1. The Bertz CT molecular complexity index is 1080. The highest BCUT2D eigenvalue weighted by molar-refractivity contribution is 6.19. The highest BCUT2D eigenvalue weighted by Gasteiger charge is 2.39. The maximum atomic E-state index is 13.3. The molecular weight excluding hydrogens is 365 g/mol. The van der Waals surface area contributed by atoms with E-state index >= 15 is 0 Å². The lowest BCUT2D eigenvalue weighted by Gasteiger charge is -2.21. The summed E-state index contributed by atoms with van der Waals surface area (Å²) in [7, 11) is 0. The van der Waals surface area contributed by atoms with Crippen LogP contribution in [0, 0.1) is 5.82 Å². The number of aliphatic carboxylic acids is 1. The van der Waals surface area contributed by atoms with Gasteiger partial charge in [0.15, 0.2) is 0 Å². The van der Waals surface area contributed by atoms with Crippen LogP contribution in [0.3, 0.4) is 0 Å². The molecule has 2 amide bonds. The lowest BCUT2D eigenvalue weighted by molar-refractivity contribution is -0.153. The zero-order chi connectivity index (χ0) is 20.3. The Morgan fingerprint density at radius 2 is 2.21 bits per heavy atom. The molecule has 1 unspecified atom stereocenters. The average molecular weight is 381 g/mol. The van der Waals surface area contributed by atoms with Gasteiger partial charge in [-0.3, -0.25) is 14.5 Å². The molecule has 7 nitrogen and oxygen atoms in total. The van der Waals surface area contributed by atoms with Gasteiger partial charge in [-0.15, -0.1) is 12.3 Å². The predicted molar refractivity (Wildman–Crippen MR) is 98.6 cm³/mol. The van der Waals surface area contributed by atoms with Crippen LogP contribution < -0.4 is 0 Å². The van der Waals surface area contributed by atoms with Gasteiger partial charge < -0.3 is 10.1 Å². The van der Waals surface area contributed by atoms with Crippen molar-refractivity contribution in [3.63, 3.8) is 0 Å². The Morgan fingerprint density at radius 1 is 1.43 bits per heavy atom. The standard InChI is InChI=1S/C20H16FN3O4/c1-2-3-4-5-6-12-9-18(25)24(19(12)26)16(20(27)28)11-17-22-14-8-7-13(21)10-15(14)23-17/h2,4,6-10,16H,1,3,11H2,(H,22,23)(H,27,28).